The molecule has 9 nitrogen and oxygen atoms in total. The van der Waals surface area contributed by atoms with Crippen molar-refractivity contribution < 1.29 is 28.7 Å². The molecular weight excluding hydrogens is 486 g/mol. The second kappa shape index (κ2) is 11.3. The van der Waals surface area contributed by atoms with Crippen molar-refractivity contribution in [2.45, 2.75) is 20.8 Å². The van der Waals surface area contributed by atoms with Crippen LogP contribution in [-0.4, -0.2) is 60.2 Å². The first kappa shape index (κ1) is 26.6. The second-order valence-corrected chi connectivity index (χ2v) is 8.70. The molecule has 196 valence electrons. The lowest BCUT2D eigenvalue weighted by Gasteiger charge is -2.33. The number of ether oxygens (including phenoxy) is 2. The summed E-state index contributed by atoms with van der Waals surface area (Å²) in [7, 11) is 1.48. The Labute approximate surface area is 220 Å². The second-order valence-electron chi connectivity index (χ2n) is 8.70. The van der Waals surface area contributed by atoms with E-state index in [4.69, 9.17) is 9.47 Å². The molecule has 3 aromatic rings. The van der Waals surface area contributed by atoms with Crippen LogP contribution in [0.3, 0.4) is 0 Å². The fourth-order valence-electron chi connectivity index (χ4n) is 4.41. The molecule has 0 N–H and O–H groups in total. The average molecular weight is 516 g/mol. The minimum atomic E-state index is -0.715. The zero-order valence-corrected chi connectivity index (χ0v) is 21.8. The number of methoxy groups -OCH3 is 1. The van der Waals surface area contributed by atoms with Crippen molar-refractivity contribution in [1.82, 2.24) is 9.47 Å². The number of esters is 1. The summed E-state index contributed by atoms with van der Waals surface area (Å²) in [6.45, 7) is 5.97. The minimum Gasteiger partial charge on any atom is -0.462 e. The molecule has 0 bridgehead atoms. The summed E-state index contributed by atoms with van der Waals surface area (Å²) >= 11 is 0. The van der Waals surface area contributed by atoms with E-state index in [-0.39, 0.29) is 18.7 Å². The number of hydrogen-bond donors (Lipinski definition) is 0. The number of para-hydroxylation sites is 1. The van der Waals surface area contributed by atoms with Crippen LogP contribution in [0, 0.1) is 13.8 Å². The predicted molar refractivity (Wildman–Crippen MR) is 142 cm³/mol. The van der Waals surface area contributed by atoms with Crippen LogP contribution in [0.1, 0.15) is 34.2 Å². The van der Waals surface area contributed by atoms with Gasteiger partial charge in [-0.3, -0.25) is 14.5 Å². The van der Waals surface area contributed by atoms with E-state index in [1.807, 2.05) is 36.6 Å². The molecule has 0 spiro atoms. The maximum Gasteiger partial charge on any atom is 0.338 e. The van der Waals surface area contributed by atoms with Crippen molar-refractivity contribution in [2.24, 2.45) is 0 Å². The maximum atomic E-state index is 13.5. The number of carbonyl (C=O) groups excluding carboxylic acids is 4. The Balaban J connectivity index is 1.74. The van der Waals surface area contributed by atoms with Crippen molar-refractivity contribution in [3.05, 3.63) is 88.8 Å². The number of carbonyl (C=O) groups is 4. The van der Waals surface area contributed by atoms with E-state index >= 15 is 0 Å². The number of nitrogens with zero attached hydrogens (tertiary/aromatic N) is 3. The summed E-state index contributed by atoms with van der Waals surface area (Å²) in [4.78, 5) is 54.1. The van der Waals surface area contributed by atoms with Crippen LogP contribution in [-0.2, 0) is 19.1 Å². The van der Waals surface area contributed by atoms with Gasteiger partial charge in [-0.05, 0) is 74.9 Å². The molecule has 1 aliphatic heterocycles. The first-order valence-electron chi connectivity index (χ1n) is 12.2. The van der Waals surface area contributed by atoms with Gasteiger partial charge in [-0.15, -0.1) is 0 Å². The lowest BCUT2D eigenvalue weighted by molar-refractivity contribution is -0.129. The Kier molecular flexibility index (Phi) is 7.87. The molecule has 4 rings (SSSR count). The zero-order chi connectivity index (χ0) is 27.4. The van der Waals surface area contributed by atoms with Gasteiger partial charge in [-0.1, -0.05) is 18.2 Å². The number of hydrogen-bond acceptors (Lipinski definition) is 6. The number of imide groups is 2. The van der Waals surface area contributed by atoms with E-state index < -0.39 is 23.8 Å². The highest BCUT2D eigenvalue weighted by Crippen LogP contribution is 2.28. The van der Waals surface area contributed by atoms with Crippen LogP contribution in [0.25, 0.3) is 11.8 Å². The Hall–Kier alpha value is -4.50. The quantitative estimate of drug-likeness (QED) is 0.252. The highest BCUT2D eigenvalue weighted by Gasteiger charge is 2.42. The molecule has 2 aromatic carbocycles. The van der Waals surface area contributed by atoms with Crippen LogP contribution in [0.2, 0.25) is 0 Å². The maximum absolute atomic E-state index is 13.5. The first-order valence-corrected chi connectivity index (χ1v) is 12.2. The molecule has 1 fully saturated rings. The van der Waals surface area contributed by atoms with E-state index in [2.05, 4.69) is 0 Å². The van der Waals surface area contributed by atoms with Gasteiger partial charge in [0.05, 0.1) is 31.0 Å². The van der Waals surface area contributed by atoms with E-state index in [1.54, 1.807) is 49.4 Å². The van der Waals surface area contributed by atoms with E-state index in [0.717, 1.165) is 26.9 Å². The Morgan fingerprint density at radius 1 is 0.921 bits per heavy atom. The summed E-state index contributed by atoms with van der Waals surface area (Å²) < 4.78 is 12.1. The molecule has 0 unspecified atom stereocenters. The highest BCUT2D eigenvalue weighted by molar-refractivity contribution is 6.39. The number of amides is 4. The molecule has 2 heterocycles. The molecule has 1 aliphatic rings. The molecule has 0 aliphatic carbocycles. The number of barbiturate groups is 1. The van der Waals surface area contributed by atoms with Crippen LogP contribution in [0.5, 0.6) is 0 Å². The first-order chi connectivity index (χ1) is 18.3. The lowest BCUT2D eigenvalue weighted by atomic mass is 10.1. The third kappa shape index (κ3) is 5.01. The van der Waals surface area contributed by atoms with Gasteiger partial charge in [0, 0.05) is 24.2 Å². The summed E-state index contributed by atoms with van der Waals surface area (Å²) in [5, 5.41) is 0. The topological polar surface area (TPSA) is 98.2 Å². The Morgan fingerprint density at radius 3 is 2.24 bits per heavy atom. The fraction of sp³-hybridized carbons (Fsp3) is 0.241. The molecule has 38 heavy (non-hydrogen) atoms. The third-order valence-electron chi connectivity index (χ3n) is 6.27. The highest BCUT2D eigenvalue weighted by atomic mass is 16.5. The Bertz CT molecular complexity index is 1410. The molecule has 0 saturated carbocycles. The number of urea groups is 1. The largest absolute Gasteiger partial charge is 0.462 e. The molecule has 4 amide bonds. The SMILES string of the molecule is CCOC(=O)c1ccc(-n2c(C)cc(/C=C3/C(=O)N(CCOC)C(=O)N(c4ccccc4)C3=O)c2C)cc1. The summed E-state index contributed by atoms with van der Waals surface area (Å²) in [6.07, 6.45) is 1.53. The summed E-state index contributed by atoms with van der Waals surface area (Å²) in [6, 6.07) is 16.6. The lowest BCUT2D eigenvalue weighted by Crippen LogP contribution is -2.57. The van der Waals surface area contributed by atoms with Crippen molar-refractivity contribution >= 4 is 35.6 Å². The summed E-state index contributed by atoms with van der Waals surface area (Å²) in [5.41, 5.74) is 3.80. The molecule has 1 aromatic heterocycles. The molecule has 0 radical (unpaired) electrons. The van der Waals surface area contributed by atoms with Gasteiger partial charge in [0.1, 0.15) is 5.57 Å². The van der Waals surface area contributed by atoms with Gasteiger partial charge in [-0.25, -0.2) is 14.5 Å². The fourth-order valence-corrected chi connectivity index (χ4v) is 4.41. The van der Waals surface area contributed by atoms with Gasteiger partial charge in [0.2, 0.25) is 0 Å². The van der Waals surface area contributed by atoms with Crippen LogP contribution in [0.15, 0.2) is 66.2 Å². The van der Waals surface area contributed by atoms with Gasteiger partial charge < -0.3 is 14.0 Å². The average Bonchev–Trinajstić information content (AvgIpc) is 3.19. The number of rotatable bonds is 8. The van der Waals surface area contributed by atoms with Crippen molar-refractivity contribution in [3.63, 3.8) is 0 Å². The number of aromatic nitrogens is 1. The molecule has 1 saturated heterocycles. The number of aryl methyl sites for hydroxylation is 1. The molecule has 9 heteroatoms. The third-order valence-corrected chi connectivity index (χ3v) is 6.27. The normalized spacial score (nSPS) is 14.9. The molecule has 0 atom stereocenters. The van der Waals surface area contributed by atoms with E-state index in [1.165, 1.54) is 13.2 Å². The number of benzene rings is 2. The zero-order valence-electron chi connectivity index (χ0n) is 21.8. The standard InChI is InChI=1S/C29H29N3O6/c1-5-38-28(35)21-11-13-24(14-12-21)31-19(2)17-22(20(31)3)18-25-26(33)30(15-16-37-4)29(36)32(27(25)34)23-9-7-6-8-10-23/h6-14,17-18H,5,15-16H2,1-4H3/b25-18-. The van der Waals surface area contributed by atoms with Gasteiger partial charge in [0.15, 0.2) is 0 Å². The van der Waals surface area contributed by atoms with E-state index in [0.29, 0.717) is 23.4 Å². The van der Waals surface area contributed by atoms with E-state index in [9.17, 15) is 19.2 Å². The van der Waals surface area contributed by atoms with Crippen LogP contribution >= 0.6 is 0 Å². The predicted octanol–water partition coefficient (Wildman–Crippen LogP) is 4.30. The summed E-state index contributed by atoms with van der Waals surface area (Å²) in [5.74, 6) is -1.76. The van der Waals surface area contributed by atoms with Crippen LogP contribution < -0.4 is 4.90 Å². The Morgan fingerprint density at radius 2 is 1.61 bits per heavy atom. The van der Waals surface area contributed by atoms with Crippen molar-refractivity contribution in [1.29, 1.82) is 0 Å². The van der Waals surface area contributed by atoms with Crippen molar-refractivity contribution in [2.75, 3.05) is 31.8 Å². The van der Waals surface area contributed by atoms with Gasteiger partial charge in [0.25, 0.3) is 11.8 Å². The smallest absolute Gasteiger partial charge is 0.338 e. The monoisotopic (exact) mass is 515 g/mol. The minimum absolute atomic E-state index is 0.00789. The number of anilines is 1. The van der Waals surface area contributed by atoms with Crippen LogP contribution in [0.4, 0.5) is 10.5 Å². The van der Waals surface area contributed by atoms with Crippen molar-refractivity contribution in [3.8, 4) is 5.69 Å². The van der Waals surface area contributed by atoms with Gasteiger partial charge >= 0.3 is 12.0 Å². The van der Waals surface area contributed by atoms with Gasteiger partial charge in [-0.2, -0.15) is 0 Å². The molecular formula is C29H29N3O6.